The Balaban J connectivity index is 2.37. The molecule has 0 aromatic carbocycles. The summed E-state index contributed by atoms with van der Waals surface area (Å²) in [7, 11) is -2.28. The van der Waals surface area contributed by atoms with Gasteiger partial charge in [-0.2, -0.15) is 27.3 Å². The van der Waals surface area contributed by atoms with E-state index in [1.807, 2.05) is 0 Å². The van der Waals surface area contributed by atoms with Gasteiger partial charge in [0.25, 0.3) is 10.0 Å². The van der Waals surface area contributed by atoms with E-state index in [0.29, 0.717) is 6.20 Å². The predicted molar refractivity (Wildman–Crippen MR) is 77.1 cm³/mol. The number of nitrogens with one attached hydrogen (secondary N) is 2. The van der Waals surface area contributed by atoms with Crippen LogP contribution in [-0.2, 0) is 16.2 Å². The summed E-state index contributed by atoms with van der Waals surface area (Å²) in [6, 6.07) is 0. The Morgan fingerprint density at radius 2 is 1.91 bits per heavy atom. The molecule has 0 aliphatic rings. The average molecular weight is 350 g/mol. The number of rotatable bonds is 4. The molecule has 0 bridgehead atoms. The molecule has 0 atom stereocenters. The summed E-state index contributed by atoms with van der Waals surface area (Å²) in [5, 5.41) is 8.68. The van der Waals surface area contributed by atoms with E-state index in [-0.39, 0.29) is 17.3 Å². The molecule has 0 aliphatic carbocycles. The fourth-order valence-electron chi connectivity index (χ4n) is 1.81. The zero-order chi connectivity index (χ0) is 17.4. The first-order valence-corrected chi connectivity index (χ1v) is 8.03. The molecule has 2 rings (SSSR count). The van der Waals surface area contributed by atoms with Crippen LogP contribution in [-0.4, -0.2) is 40.9 Å². The molecule has 2 N–H and O–H groups in total. The third-order valence-electron chi connectivity index (χ3n) is 2.86. The van der Waals surface area contributed by atoms with Crippen LogP contribution in [0.5, 0.6) is 0 Å². The minimum atomic E-state index is -4.59. The molecule has 2 aromatic rings. The fourth-order valence-corrected chi connectivity index (χ4v) is 2.63. The van der Waals surface area contributed by atoms with E-state index in [1.54, 1.807) is 0 Å². The Bertz CT molecular complexity index is 831. The largest absolute Gasteiger partial charge is 0.421 e. The Hall–Kier alpha value is -2.37. The maximum Gasteiger partial charge on any atom is 0.421 e. The van der Waals surface area contributed by atoms with Crippen molar-refractivity contribution in [1.29, 1.82) is 0 Å². The van der Waals surface area contributed by atoms with Crippen molar-refractivity contribution in [2.45, 2.75) is 13.1 Å². The number of aromatic nitrogens is 4. The lowest BCUT2D eigenvalue weighted by Gasteiger charge is -2.12. The lowest BCUT2D eigenvalue weighted by Crippen LogP contribution is -2.14. The van der Waals surface area contributed by atoms with Gasteiger partial charge in [-0.15, -0.1) is 0 Å². The first-order valence-electron chi connectivity index (χ1n) is 6.18. The SMILES string of the molecule is CNc1nc(Nc2cnn(S(C)(=O)=O)c2C)ncc1C(F)(F)F. The third-order valence-corrected chi connectivity index (χ3v) is 3.86. The normalized spacial score (nSPS) is 12.3. The van der Waals surface area contributed by atoms with Gasteiger partial charge < -0.3 is 10.6 Å². The molecule has 0 saturated carbocycles. The highest BCUT2D eigenvalue weighted by molar-refractivity contribution is 7.89. The van der Waals surface area contributed by atoms with Crippen LogP contribution in [0.2, 0.25) is 0 Å². The van der Waals surface area contributed by atoms with Crippen LogP contribution in [0.1, 0.15) is 11.3 Å². The minimum Gasteiger partial charge on any atom is -0.372 e. The van der Waals surface area contributed by atoms with Gasteiger partial charge in [0.15, 0.2) is 0 Å². The van der Waals surface area contributed by atoms with Gasteiger partial charge in [-0.05, 0) is 6.92 Å². The highest BCUT2D eigenvalue weighted by Gasteiger charge is 2.35. The molecule has 0 radical (unpaired) electrons. The number of hydrogen-bond acceptors (Lipinski definition) is 7. The summed E-state index contributed by atoms with van der Waals surface area (Å²) in [6.45, 7) is 1.49. The predicted octanol–water partition coefficient (Wildman–Crippen LogP) is 1.59. The number of halogens is 3. The van der Waals surface area contributed by atoms with Gasteiger partial charge >= 0.3 is 6.18 Å². The van der Waals surface area contributed by atoms with E-state index in [1.165, 1.54) is 20.2 Å². The summed E-state index contributed by atoms with van der Waals surface area (Å²) in [4.78, 5) is 7.32. The molecular weight excluding hydrogens is 337 g/mol. The van der Waals surface area contributed by atoms with Crippen LogP contribution in [0, 0.1) is 6.92 Å². The molecule has 2 heterocycles. The Labute approximate surface area is 129 Å². The first kappa shape index (κ1) is 17.0. The van der Waals surface area contributed by atoms with Crippen molar-refractivity contribution >= 4 is 27.5 Å². The van der Waals surface area contributed by atoms with Gasteiger partial charge in [0.1, 0.15) is 11.4 Å². The second-order valence-electron chi connectivity index (χ2n) is 4.58. The van der Waals surface area contributed by atoms with E-state index < -0.39 is 27.6 Å². The molecule has 0 saturated heterocycles. The van der Waals surface area contributed by atoms with E-state index in [9.17, 15) is 21.6 Å². The van der Waals surface area contributed by atoms with Gasteiger partial charge in [0, 0.05) is 13.2 Å². The average Bonchev–Trinajstić information content (AvgIpc) is 2.78. The first-order chi connectivity index (χ1) is 10.5. The Kier molecular flexibility index (Phi) is 4.20. The third kappa shape index (κ3) is 3.52. The molecule has 0 fully saturated rings. The Morgan fingerprint density at radius 1 is 1.26 bits per heavy atom. The summed E-state index contributed by atoms with van der Waals surface area (Å²) in [5.74, 6) is -0.526. The van der Waals surface area contributed by atoms with E-state index >= 15 is 0 Å². The number of hydrogen-bond donors (Lipinski definition) is 2. The van der Waals surface area contributed by atoms with Crippen LogP contribution >= 0.6 is 0 Å². The van der Waals surface area contributed by atoms with Crippen molar-refractivity contribution < 1.29 is 21.6 Å². The van der Waals surface area contributed by atoms with Gasteiger partial charge in [-0.1, -0.05) is 0 Å². The molecule has 23 heavy (non-hydrogen) atoms. The summed E-state index contributed by atoms with van der Waals surface area (Å²) < 4.78 is 62.1. The zero-order valence-electron chi connectivity index (χ0n) is 12.3. The number of nitrogens with zero attached hydrogens (tertiary/aromatic N) is 4. The van der Waals surface area contributed by atoms with E-state index in [4.69, 9.17) is 0 Å². The van der Waals surface area contributed by atoms with Crippen molar-refractivity contribution in [1.82, 2.24) is 19.2 Å². The fraction of sp³-hybridized carbons (Fsp3) is 0.364. The lowest BCUT2D eigenvalue weighted by atomic mass is 10.3. The number of alkyl halides is 3. The van der Waals surface area contributed by atoms with Gasteiger partial charge in [0.2, 0.25) is 5.95 Å². The van der Waals surface area contributed by atoms with E-state index in [0.717, 1.165) is 10.3 Å². The quantitative estimate of drug-likeness (QED) is 0.863. The van der Waals surface area contributed by atoms with Gasteiger partial charge in [-0.25, -0.2) is 13.4 Å². The van der Waals surface area contributed by atoms with Crippen molar-refractivity contribution in [2.24, 2.45) is 0 Å². The summed E-state index contributed by atoms with van der Waals surface area (Å²) in [6.07, 6.45) is -1.76. The maximum atomic E-state index is 12.8. The van der Waals surface area contributed by atoms with Crippen LogP contribution in [0.3, 0.4) is 0 Å². The van der Waals surface area contributed by atoms with Gasteiger partial charge in [-0.3, -0.25) is 0 Å². The Morgan fingerprint density at radius 3 is 2.39 bits per heavy atom. The zero-order valence-corrected chi connectivity index (χ0v) is 13.1. The van der Waals surface area contributed by atoms with Crippen molar-refractivity contribution in [3.05, 3.63) is 23.7 Å². The van der Waals surface area contributed by atoms with Crippen LogP contribution in [0.4, 0.5) is 30.6 Å². The van der Waals surface area contributed by atoms with Crippen molar-refractivity contribution in [3.63, 3.8) is 0 Å². The lowest BCUT2D eigenvalue weighted by molar-refractivity contribution is -0.137. The number of anilines is 3. The monoisotopic (exact) mass is 350 g/mol. The molecule has 0 unspecified atom stereocenters. The maximum absolute atomic E-state index is 12.8. The summed E-state index contributed by atoms with van der Waals surface area (Å²) in [5.41, 5.74) is -0.492. The molecular formula is C11H13F3N6O2S. The van der Waals surface area contributed by atoms with Crippen molar-refractivity contribution in [3.8, 4) is 0 Å². The second kappa shape index (κ2) is 5.68. The van der Waals surface area contributed by atoms with Gasteiger partial charge in [0.05, 0.1) is 23.8 Å². The molecule has 0 amide bonds. The topological polar surface area (TPSA) is 102 Å². The molecule has 0 spiro atoms. The second-order valence-corrected chi connectivity index (χ2v) is 6.39. The highest BCUT2D eigenvalue weighted by Crippen LogP contribution is 2.33. The summed E-state index contributed by atoms with van der Waals surface area (Å²) >= 11 is 0. The van der Waals surface area contributed by atoms with Crippen molar-refractivity contribution in [2.75, 3.05) is 23.9 Å². The highest BCUT2D eigenvalue weighted by atomic mass is 32.2. The van der Waals surface area contributed by atoms with Crippen LogP contribution in [0.25, 0.3) is 0 Å². The smallest absolute Gasteiger partial charge is 0.372 e. The van der Waals surface area contributed by atoms with E-state index in [2.05, 4.69) is 25.7 Å². The standard InChI is InChI=1S/C11H13F3N6O2S/c1-6-8(5-17-20(6)23(3,21)22)18-10-16-4-7(11(12,13)14)9(15-2)19-10/h4-5H,1-3H3,(H2,15,16,18,19). The van der Waals surface area contributed by atoms with Crippen LogP contribution in [0.15, 0.2) is 12.4 Å². The molecule has 126 valence electrons. The molecule has 2 aromatic heterocycles. The molecule has 0 aliphatic heterocycles. The minimum absolute atomic E-state index is 0.126. The molecule has 12 heteroatoms. The van der Waals surface area contributed by atoms with Crippen LogP contribution < -0.4 is 10.6 Å². The molecule has 8 nitrogen and oxygen atoms in total.